The van der Waals surface area contributed by atoms with Gasteiger partial charge in [-0.15, -0.1) is 0 Å². The lowest BCUT2D eigenvalue weighted by Gasteiger charge is -2.17. The molecule has 0 radical (unpaired) electrons. The van der Waals surface area contributed by atoms with E-state index in [2.05, 4.69) is 10.3 Å². The maximum absolute atomic E-state index is 13.7. The van der Waals surface area contributed by atoms with Crippen LogP contribution in [0, 0.1) is 23.4 Å². The molecule has 2 N–H and O–H groups in total. The van der Waals surface area contributed by atoms with E-state index in [0.717, 1.165) is 18.2 Å². The van der Waals surface area contributed by atoms with Gasteiger partial charge in [0.15, 0.2) is 17.5 Å². The third-order valence-electron chi connectivity index (χ3n) is 4.25. The van der Waals surface area contributed by atoms with Crippen molar-refractivity contribution in [2.45, 2.75) is 12.1 Å². The molecule has 148 valence electrons. The Morgan fingerprint density at radius 3 is 2.43 bits per heavy atom. The summed E-state index contributed by atoms with van der Waals surface area (Å²) in [5.74, 6) is -9.06. The monoisotopic (exact) mass is 403 g/mol. The molecule has 1 saturated heterocycles. The Morgan fingerprint density at radius 1 is 1.11 bits per heavy atom. The van der Waals surface area contributed by atoms with Crippen LogP contribution in [0.1, 0.15) is 17.2 Å². The zero-order valence-corrected chi connectivity index (χ0v) is 13.8. The molecule has 5 nitrogen and oxygen atoms in total. The predicted molar refractivity (Wildman–Crippen MR) is 83.4 cm³/mol. The Morgan fingerprint density at radius 2 is 1.82 bits per heavy atom. The fourth-order valence-electron chi connectivity index (χ4n) is 2.82. The van der Waals surface area contributed by atoms with Crippen molar-refractivity contribution in [2.24, 2.45) is 5.92 Å². The number of carbonyl (C=O) groups is 2. The van der Waals surface area contributed by atoms with Gasteiger partial charge in [0.1, 0.15) is 5.92 Å². The molecule has 0 spiro atoms. The van der Waals surface area contributed by atoms with Crippen LogP contribution in [0.15, 0.2) is 30.5 Å². The van der Waals surface area contributed by atoms with Gasteiger partial charge in [-0.1, -0.05) is 0 Å². The van der Waals surface area contributed by atoms with Crippen LogP contribution in [-0.2, 0) is 15.8 Å². The van der Waals surface area contributed by atoms with Crippen molar-refractivity contribution in [1.29, 1.82) is 0 Å². The van der Waals surface area contributed by atoms with E-state index in [9.17, 15) is 35.9 Å². The number of carbonyl (C=O) groups excluding carboxylic acids is 2. The molecule has 2 amide bonds. The maximum atomic E-state index is 13.7. The second-order valence-corrected chi connectivity index (χ2v) is 6.01. The van der Waals surface area contributed by atoms with E-state index < -0.39 is 58.5 Å². The van der Waals surface area contributed by atoms with E-state index in [-0.39, 0.29) is 12.2 Å². The maximum Gasteiger partial charge on any atom is 0.417 e. The first-order valence-corrected chi connectivity index (χ1v) is 7.85. The van der Waals surface area contributed by atoms with Crippen LogP contribution in [-0.4, -0.2) is 23.3 Å². The number of hydrogen-bond acceptors (Lipinski definition) is 3. The molecule has 0 saturated carbocycles. The van der Waals surface area contributed by atoms with E-state index in [1.807, 2.05) is 5.32 Å². The third kappa shape index (κ3) is 3.64. The molecule has 28 heavy (non-hydrogen) atoms. The molecule has 1 aromatic carbocycles. The van der Waals surface area contributed by atoms with Crippen LogP contribution in [0.3, 0.4) is 0 Å². The molecule has 2 aromatic rings. The second kappa shape index (κ2) is 7.13. The fourth-order valence-corrected chi connectivity index (χ4v) is 2.82. The number of hydrogen-bond donors (Lipinski definition) is 2. The first-order valence-electron chi connectivity index (χ1n) is 7.85. The lowest BCUT2D eigenvalue weighted by molar-refractivity contribution is -0.138. The number of amides is 2. The van der Waals surface area contributed by atoms with Gasteiger partial charge < -0.3 is 10.6 Å². The minimum atomic E-state index is -4.60. The quantitative estimate of drug-likeness (QED) is 0.470. The van der Waals surface area contributed by atoms with E-state index in [0.29, 0.717) is 12.3 Å². The summed E-state index contributed by atoms with van der Waals surface area (Å²) in [6.07, 6.45) is -4.03. The lowest BCUT2D eigenvalue weighted by Crippen LogP contribution is -2.32. The first kappa shape index (κ1) is 19.6. The molecule has 0 aliphatic carbocycles. The summed E-state index contributed by atoms with van der Waals surface area (Å²) in [4.78, 5) is 28.1. The Kier molecular flexibility index (Phi) is 5.01. The highest BCUT2D eigenvalue weighted by Gasteiger charge is 2.42. The molecule has 0 bridgehead atoms. The summed E-state index contributed by atoms with van der Waals surface area (Å²) in [6, 6.07) is 3.17. The molecule has 1 aromatic heterocycles. The van der Waals surface area contributed by atoms with E-state index in [1.54, 1.807) is 0 Å². The molecule has 2 atom stereocenters. The second-order valence-electron chi connectivity index (χ2n) is 6.01. The normalized spacial score (nSPS) is 19.4. The fraction of sp³-hybridized carbons (Fsp3) is 0.235. The largest absolute Gasteiger partial charge is 0.417 e. The Balaban J connectivity index is 1.84. The van der Waals surface area contributed by atoms with Crippen molar-refractivity contribution in [2.75, 3.05) is 11.9 Å². The molecule has 1 aliphatic rings. The van der Waals surface area contributed by atoms with Gasteiger partial charge in [-0.2, -0.15) is 13.2 Å². The summed E-state index contributed by atoms with van der Waals surface area (Å²) in [5, 5.41) is 4.37. The Bertz CT molecular complexity index is 930. The van der Waals surface area contributed by atoms with E-state index in [1.165, 1.54) is 0 Å². The number of anilines is 1. The van der Waals surface area contributed by atoms with Gasteiger partial charge in [-0.3, -0.25) is 14.6 Å². The zero-order chi connectivity index (χ0) is 20.6. The third-order valence-corrected chi connectivity index (χ3v) is 4.25. The average Bonchev–Trinajstić information content (AvgIpc) is 3.03. The smallest absolute Gasteiger partial charge is 0.355 e. The molecular formula is C17H11F6N3O2. The number of halogens is 6. The number of nitrogens with zero attached hydrogens (tertiary/aromatic N) is 1. The van der Waals surface area contributed by atoms with Gasteiger partial charge in [0.2, 0.25) is 11.8 Å². The van der Waals surface area contributed by atoms with E-state index in [4.69, 9.17) is 0 Å². The predicted octanol–water partition coefficient (Wildman–Crippen LogP) is 2.99. The summed E-state index contributed by atoms with van der Waals surface area (Å²) >= 11 is 0. The van der Waals surface area contributed by atoms with Crippen LogP contribution in [0.5, 0.6) is 0 Å². The average molecular weight is 403 g/mol. The number of aromatic nitrogens is 1. The number of pyridine rings is 1. The van der Waals surface area contributed by atoms with Crippen molar-refractivity contribution in [3.8, 4) is 0 Å². The molecule has 3 rings (SSSR count). The van der Waals surface area contributed by atoms with Gasteiger partial charge in [-0.25, -0.2) is 13.2 Å². The van der Waals surface area contributed by atoms with E-state index >= 15 is 0 Å². The highest BCUT2D eigenvalue weighted by atomic mass is 19.4. The zero-order valence-electron chi connectivity index (χ0n) is 13.8. The number of benzene rings is 1. The SMILES string of the molecule is O=C1NCC(c2ccc(C(F)(F)F)cn2)[C@H]1C(=O)Nc1ccc(F)c(F)c1F. The van der Waals surface area contributed by atoms with Gasteiger partial charge in [0.25, 0.3) is 0 Å². The van der Waals surface area contributed by atoms with Gasteiger partial charge in [-0.05, 0) is 24.3 Å². The summed E-state index contributed by atoms with van der Waals surface area (Å²) < 4.78 is 77.9. The summed E-state index contributed by atoms with van der Waals surface area (Å²) in [6.45, 7) is -0.0878. The lowest BCUT2D eigenvalue weighted by atomic mass is 9.90. The molecule has 1 fully saturated rings. The van der Waals surface area contributed by atoms with Crippen molar-refractivity contribution in [3.63, 3.8) is 0 Å². The van der Waals surface area contributed by atoms with Crippen LogP contribution in [0.25, 0.3) is 0 Å². The molecule has 1 unspecified atom stereocenters. The molecule has 1 aliphatic heterocycles. The van der Waals surface area contributed by atoms with Gasteiger partial charge >= 0.3 is 6.18 Å². The van der Waals surface area contributed by atoms with Crippen molar-refractivity contribution in [3.05, 3.63) is 59.2 Å². The number of rotatable bonds is 3. The Hall–Kier alpha value is -3.11. The summed E-state index contributed by atoms with van der Waals surface area (Å²) in [7, 11) is 0. The minimum Gasteiger partial charge on any atom is -0.355 e. The molecule has 2 heterocycles. The van der Waals surface area contributed by atoms with Crippen LogP contribution in [0.2, 0.25) is 0 Å². The highest BCUT2D eigenvalue weighted by Crippen LogP contribution is 2.33. The van der Waals surface area contributed by atoms with Crippen molar-refractivity contribution < 1.29 is 35.9 Å². The highest BCUT2D eigenvalue weighted by molar-refractivity contribution is 6.08. The van der Waals surface area contributed by atoms with Gasteiger partial charge in [0, 0.05) is 24.4 Å². The number of alkyl halides is 3. The van der Waals surface area contributed by atoms with Crippen LogP contribution in [0.4, 0.5) is 32.0 Å². The number of nitrogens with one attached hydrogen (secondary N) is 2. The van der Waals surface area contributed by atoms with Crippen LogP contribution >= 0.6 is 0 Å². The molecular weight excluding hydrogens is 392 g/mol. The van der Waals surface area contributed by atoms with Crippen molar-refractivity contribution >= 4 is 17.5 Å². The molecule has 11 heteroatoms. The van der Waals surface area contributed by atoms with Gasteiger partial charge in [0.05, 0.1) is 11.3 Å². The van der Waals surface area contributed by atoms with Crippen molar-refractivity contribution in [1.82, 2.24) is 10.3 Å². The minimum absolute atomic E-state index is 0.0391. The summed E-state index contributed by atoms with van der Waals surface area (Å²) in [5.41, 5.74) is -1.64. The standard InChI is InChI=1S/C17H11F6N3O2/c18-9-2-4-11(14(20)13(9)19)26-16(28)12-8(6-25-15(12)27)10-3-1-7(5-24-10)17(21,22)23/h1-5,8,12H,6H2,(H,25,27)(H,26,28)/t8?,12-/m1/s1. The Labute approximate surface area is 153 Å². The topological polar surface area (TPSA) is 71.1 Å². The first-order chi connectivity index (χ1) is 13.1. The van der Waals surface area contributed by atoms with Crippen LogP contribution < -0.4 is 10.6 Å².